The lowest BCUT2D eigenvalue weighted by atomic mass is 9.85. The number of rotatable bonds is 5. The second-order valence-corrected chi connectivity index (χ2v) is 9.20. The highest BCUT2D eigenvalue weighted by Crippen LogP contribution is 2.48. The standard InChI is InChI=1S/C20H30ClNO8/c1-18(2,3)29-11-5-6-14-13-9-15(28-4)17(30-20(26,27)19(23,24)25)16(21)12(13)7-8-22(14)10-11/h9,11,14,23-27H,5-8,10H2,1-4H3. The Morgan fingerprint density at radius 3 is 2.33 bits per heavy atom. The van der Waals surface area contributed by atoms with Gasteiger partial charge in [0.1, 0.15) is 0 Å². The SMILES string of the molecule is COc1cc2c(c(Cl)c1OC(O)(O)C(O)(O)O)CCN1CC(OC(C)(C)C)CCC21. The number of hydrogen-bond acceptors (Lipinski definition) is 9. The summed E-state index contributed by atoms with van der Waals surface area (Å²) in [7, 11) is 1.35. The van der Waals surface area contributed by atoms with Crippen molar-refractivity contribution in [1.29, 1.82) is 0 Å². The van der Waals surface area contributed by atoms with Gasteiger partial charge in [-0.05, 0) is 57.2 Å². The van der Waals surface area contributed by atoms with Gasteiger partial charge in [-0.25, -0.2) is 0 Å². The van der Waals surface area contributed by atoms with Gasteiger partial charge in [-0.1, -0.05) is 11.6 Å². The van der Waals surface area contributed by atoms with Gasteiger partial charge >= 0.3 is 11.9 Å². The van der Waals surface area contributed by atoms with Crippen LogP contribution >= 0.6 is 11.6 Å². The van der Waals surface area contributed by atoms with E-state index in [9.17, 15) is 10.2 Å². The van der Waals surface area contributed by atoms with E-state index >= 15 is 0 Å². The molecule has 2 unspecified atom stereocenters. The highest BCUT2D eigenvalue weighted by molar-refractivity contribution is 6.33. The molecule has 2 aliphatic rings. The zero-order chi connectivity index (χ0) is 22.5. The Hall–Kier alpha value is -1.17. The van der Waals surface area contributed by atoms with E-state index in [0.29, 0.717) is 6.42 Å². The minimum absolute atomic E-state index is 0.0637. The molecule has 9 nitrogen and oxygen atoms in total. The lowest BCUT2D eigenvalue weighted by molar-refractivity contribution is -0.502. The maximum Gasteiger partial charge on any atom is 0.409 e. The molecule has 2 heterocycles. The van der Waals surface area contributed by atoms with Crippen LogP contribution in [0.5, 0.6) is 11.5 Å². The third-order valence-corrected chi connectivity index (χ3v) is 5.79. The predicted octanol–water partition coefficient (Wildman–Crippen LogP) is 0.873. The molecule has 2 aliphatic heterocycles. The van der Waals surface area contributed by atoms with Crippen molar-refractivity contribution in [2.75, 3.05) is 20.2 Å². The van der Waals surface area contributed by atoms with Crippen LogP contribution in [0.15, 0.2) is 6.07 Å². The molecule has 3 rings (SSSR count). The minimum atomic E-state index is -3.93. The van der Waals surface area contributed by atoms with Crippen molar-refractivity contribution in [3.05, 3.63) is 22.2 Å². The number of hydrogen-bond donors (Lipinski definition) is 5. The molecule has 0 bridgehead atoms. The fourth-order valence-electron chi connectivity index (χ4n) is 4.13. The maximum atomic E-state index is 9.71. The highest BCUT2D eigenvalue weighted by atomic mass is 35.5. The van der Waals surface area contributed by atoms with E-state index in [1.165, 1.54) is 7.11 Å². The highest BCUT2D eigenvalue weighted by Gasteiger charge is 2.51. The van der Waals surface area contributed by atoms with Crippen molar-refractivity contribution in [2.24, 2.45) is 0 Å². The van der Waals surface area contributed by atoms with Crippen LogP contribution in [-0.4, -0.2) is 74.3 Å². The number of methoxy groups -OCH3 is 1. The summed E-state index contributed by atoms with van der Waals surface area (Å²) in [6.45, 7) is 7.63. The summed E-state index contributed by atoms with van der Waals surface area (Å²) >= 11 is 6.50. The Labute approximate surface area is 180 Å². The van der Waals surface area contributed by atoms with E-state index in [2.05, 4.69) is 4.90 Å². The molecule has 0 aromatic heterocycles. The topological polar surface area (TPSA) is 132 Å². The van der Waals surface area contributed by atoms with E-state index in [1.54, 1.807) is 6.07 Å². The molecule has 30 heavy (non-hydrogen) atoms. The van der Waals surface area contributed by atoms with E-state index in [4.69, 9.17) is 41.1 Å². The number of fused-ring (bicyclic) bond motifs is 3. The van der Waals surface area contributed by atoms with E-state index in [1.807, 2.05) is 20.8 Å². The van der Waals surface area contributed by atoms with Crippen molar-refractivity contribution in [3.8, 4) is 11.5 Å². The molecular formula is C20H30ClNO8. The van der Waals surface area contributed by atoms with Gasteiger partial charge in [-0.2, -0.15) is 0 Å². The van der Waals surface area contributed by atoms with Crippen LogP contribution in [0.25, 0.3) is 0 Å². The summed E-state index contributed by atoms with van der Waals surface area (Å²) in [4.78, 5) is 2.33. The molecule has 2 atom stereocenters. The van der Waals surface area contributed by atoms with Crippen LogP contribution in [-0.2, 0) is 11.2 Å². The van der Waals surface area contributed by atoms with Gasteiger partial charge in [0, 0.05) is 19.1 Å². The summed E-state index contributed by atoms with van der Waals surface area (Å²) in [5, 5.41) is 46.9. The fourth-order valence-corrected chi connectivity index (χ4v) is 4.47. The summed E-state index contributed by atoms with van der Waals surface area (Å²) < 4.78 is 16.3. The lowest BCUT2D eigenvalue weighted by Gasteiger charge is -2.45. The van der Waals surface area contributed by atoms with Gasteiger partial charge < -0.3 is 39.7 Å². The zero-order valence-corrected chi connectivity index (χ0v) is 18.3. The lowest BCUT2D eigenvalue weighted by Crippen LogP contribution is -2.58. The Morgan fingerprint density at radius 2 is 1.77 bits per heavy atom. The molecule has 0 amide bonds. The first kappa shape index (κ1) is 23.5. The monoisotopic (exact) mass is 447 g/mol. The third kappa shape index (κ3) is 4.68. The van der Waals surface area contributed by atoms with Crippen LogP contribution in [0.4, 0.5) is 0 Å². The number of piperidine rings is 1. The summed E-state index contributed by atoms with van der Waals surface area (Å²) in [6, 6.07) is 1.79. The maximum absolute atomic E-state index is 9.71. The number of nitrogens with zero attached hydrogens (tertiary/aromatic N) is 1. The smallest absolute Gasteiger partial charge is 0.409 e. The Balaban J connectivity index is 1.91. The normalized spacial score (nSPS) is 23.0. The molecular weight excluding hydrogens is 418 g/mol. The van der Waals surface area contributed by atoms with Crippen LogP contribution in [0.1, 0.15) is 50.8 Å². The zero-order valence-electron chi connectivity index (χ0n) is 17.6. The van der Waals surface area contributed by atoms with Gasteiger partial charge in [0.25, 0.3) is 0 Å². The minimum Gasteiger partial charge on any atom is -0.493 e. The number of aliphatic hydroxyl groups is 5. The molecule has 0 saturated carbocycles. The molecule has 1 aromatic rings. The summed E-state index contributed by atoms with van der Waals surface area (Å²) in [5.41, 5.74) is 1.47. The Morgan fingerprint density at radius 1 is 1.10 bits per heavy atom. The first-order valence-electron chi connectivity index (χ1n) is 9.85. The summed E-state index contributed by atoms with van der Waals surface area (Å²) in [6.07, 6.45) is 2.44. The second kappa shape index (κ2) is 8.07. The molecule has 1 saturated heterocycles. The van der Waals surface area contributed by atoms with Crippen LogP contribution < -0.4 is 9.47 Å². The Kier molecular flexibility index (Phi) is 6.32. The number of ether oxygens (including phenoxy) is 3. The van der Waals surface area contributed by atoms with Crippen molar-refractivity contribution in [3.63, 3.8) is 0 Å². The van der Waals surface area contributed by atoms with Crippen LogP contribution in [0.3, 0.4) is 0 Å². The average Bonchev–Trinajstić information content (AvgIpc) is 2.60. The van der Waals surface area contributed by atoms with E-state index in [0.717, 1.165) is 37.1 Å². The number of benzene rings is 1. The van der Waals surface area contributed by atoms with E-state index in [-0.39, 0.29) is 34.3 Å². The third-order valence-electron chi connectivity index (χ3n) is 5.39. The van der Waals surface area contributed by atoms with Gasteiger partial charge in [-0.3, -0.25) is 4.90 Å². The molecule has 0 aliphatic carbocycles. The van der Waals surface area contributed by atoms with Crippen molar-refractivity contribution in [1.82, 2.24) is 4.90 Å². The van der Waals surface area contributed by atoms with E-state index < -0.39 is 11.9 Å². The largest absolute Gasteiger partial charge is 0.493 e. The predicted molar refractivity (Wildman–Crippen MR) is 107 cm³/mol. The molecule has 1 fully saturated rings. The first-order chi connectivity index (χ1) is 13.7. The van der Waals surface area contributed by atoms with Gasteiger partial charge in [-0.15, -0.1) is 0 Å². The van der Waals surface area contributed by atoms with Crippen molar-refractivity contribution in [2.45, 2.75) is 69.7 Å². The molecule has 5 N–H and O–H groups in total. The second-order valence-electron chi connectivity index (χ2n) is 8.83. The molecule has 0 radical (unpaired) electrons. The molecule has 10 heteroatoms. The van der Waals surface area contributed by atoms with Gasteiger partial charge in [0.2, 0.25) is 0 Å². The van der Waals surface area contributed by atoms with Crippen molar-refractivity contribution >= 4 is 11.6 Å². The van der Waals surface area contributed by atoms with Crippen LogP contribution in [0, 0.1) is 0 Å². The first-order valence-corrected chi connectivity index (χ1v) is 10.2. The van der Waals surface area contributed by atoms with Crippen molar-refractivity contribution < 1.29 is 39.7 Å². The number of halogens is 1. The molecule has 170 valence electrons. The molecule has 0 spiro atoms. The molecule has 1 aromatic carbocycles. The summed E-state index contributed by atoms with van der Waals surface area (Å²) in [5.74, 6) is -7.88. The fraction of sp³-hybridized carbons (Fsp3) is 0.700. The quantitative estimate of drug-likeness (QED) is 0.417. The average molecular weight is 448 g/mol. The van der Waals surface area contributed by atoms with Gasteiger partial charge in [0.15, 0.2) is 11.5 Å². The van der Waals surface area contributed by atoms with Gasteiger partial charge in [0.05, 0.1) is 23.8 Å². The van der Waals surface area contributed by atoms with Crippen LogP contribution in [0.2, 0.25) is 5.02 Å². The Bertz CT molecular complexity index is 786.